The van der Waals surface area contributed by atoms with Crippen molar-refractivity contribution >= 4 is 5.97 Å². The van der Waals surface area contributed by atoms with Crippen LogP contribution in [-0.4, -0.2) is 28.4 Å². The molecule has 0 aliphatic heterocycles. The maximum atomic E-state index is 13.5. The molecule has 18 heavy (non-hydrogen) atoms. The fourth-order valence-electron chi connectivity index (χ4n) is 1.71. The van der Waals surface area contributed by atoms with E-state index < -0.39 is 11.8 Å². The van der Waals surface area contributed by atoms with Gasteiger partial charge in [-0.1, -0.05) is 0 Å². The molecule has 0 spiro atoms. The molecule has 0 saturated heterocycles. The van der Waals surface area contributed by atoms with Gasteiger partial charge in [-0.25, -0.2) is 9.18 Å². The van der Waals surface area contributed by atoms with Gasteiger partial charge in [-0.3, -0.25) is 5.10 Å². The maximum Gasteiger partial charge on any atom is 0.353 e. The number of hydrogen-bond acceptors (Lipinski definition) is 3. The fraction of sp³-hybridized carbons (Fsp3) is 0.167. The summed E-state index contributed by atoms with van der Waals surface area (Å²) >= 11 is 0. The van der Waals surface area contributed by atoms with Gasteiger partial charge < -0.3 is 9.84 Å². The molecule has 1 aromatic carbocycles. The molecule has 0 unspecified atom stereocenters. The van der Waals surface area contributed by atoms with E-state index in [0.29, 0.717) is 22.6 Å². The SMILES string of the molecule is COc1ccc(F)c(C)c1-c1cc(C(=O)O)[nH]n1. The van der Waals surface area contributed by atoms with Crippen LogP contribution in [0.3, 0.4) is 0 Å². The van der Waals surface area contributed by atoms with Gasteiger partial charge in [-0.2, -0.15) is 5.10 Å². The highest BCUT2D eigenvalue weighted by Gasteiger charge is 2.17. The van der Waals surface area contributed by atoms with Gasteiger partial charge in [0.05, 0.1) is 12.8 Å². The minimum absolute atomic E-state index is 0.0595. The monoisotopic (exact) mass is 250 g/mol. The van der Waals surface area contributed by atoms with Crippen molar-refractivity contribution in [1.29, 1.82) is 0 Å². The van der Waals surface area contributed by atoms with E-state index in [-0.39, 0.29) is 5.69 Å². The average Bonchev–Trinajstić information content (AvgIpc) is 2.81. The molecule has 0 atom stereocenters. The highest BCUT2D eigenvalue weighted by Crippen LogP contribution is 2.33. The van der Waals surface area contributed by atoms with Gasteiger partial charge in [-0.15, -0.1) is 0 Å². The minimum Gasteiger partial charge on any atom is -0.496 e. The molecule has 0 saturated carbocycles. The van der Waals surface area contributed by atoms with Gasteiger partial charge in [0.25, 0.3) is 0 Å². The van der Waals surface area contributed by atoms with E-state index in [1.54, 1.807) is 6.92 Å². The number of aromatic carboxylic acids is 1. The lowest BCUT2D eigenvalue weighted by molar-refractivity contribution is 0.0690. The number of methoxy groups -OCH3 is 1. The molecule has 0 fully saturated rings. The molecular weight excluding hydrogens is 239 g/mol. The number of benzene rings is 1. The van der Waals surface area contributed by atoms with Crippen LogP contribution in [-0.2, 0) is 0 Å². The minimum atomic E-state index is -1.12. The van der Waals surface area contributed by atoms with Crippen LogP contribution in [0.25, 0.3) is 11.3 Å². The highest BCUT2D eigenvalue weighted by molar-refractivity contribution is 5.87. The Morgan fingerprint density at radius 3 is 2.78 bits per heavy atom. The van der Waals surface area contributed by atoms with E-state index in [9.17, 15) is 9.18 Å². The Hall–Kier alpha value is -2.37. The number of ether oxygens (including phenoxy) is 1. The third-order valence-electron chi connectivity index (χ3n) is 2.65. The first-order valence-electron chi connectivity index (χ1n) is 5.16. The fourth-order valence-corrected chi connectivity index (χ4v) is 1.71. The summed E-state index contributed by atoms with van der Waals surface area (Å²) < 4.78 is 18.7. The van der Waals surface area contributed by atoms with Crippen LogP contribution in [0.4, 0.5) is 4.39 Å². The average molecular weight is 250 g/mol. The predicted molar refractivity (Wildman–Crippen MR) is 62.2 cm³/mol. The number of carbonyl (C=O) groups is 1. The topological polar surface area (TPSA) is 75.2 Å². The molecule has 2 rings (SSSR count). The van der Waals surface area contributed by atoms with Gasteiger partial charge in [0.2, 0.25) is 0 Å². The summed E-state index contributed by atoms with van der Waals surface area (Å²) in [5.74, 6) is -1.08. The first-order valence-corrected chi connectivity index (χ1v) is 5.16. The molecule has 0 aliphatic carbocycles. The van der Waals surface area contributed by atoms with E-state index in [0.717, 1.165) is 0 Å². The second kappa shape index (κ2) is 4.48. The van der Waals surface area contributed by atoms with Crippen molar-refractivity contribution in [3.8, 4) is 17.0 Å². The number of nitrogens with one attached hydrogen (secondary N) is 1. The van der Waals surface area contributed by atoms with Crippen molar-refractivity contribution in [1.82, 2.24) is 10.2 Å². The van der Waals surface area contributed by atoms with Crippen molar-refractivity contribution < 1.29 is 19.0 Å². The number of halogens is 1. The molecule has 5 nitrogen and oxygen atoms in total. The molecule has 6 heteroatoms. The first kappa shape index (κ1) is 12.1. The molecule has 94 valence electrons. The third-order valence-corrected chi connectivity index (χ3v) is 2.65. The molecule has 0 bridgehead atoms. The van der Waals surface area contributed by atoms with Gasteiger partial charge >= 0.3 is 5.97 Å². The summed E-state index contributed by atoms with van der Waals surface area (Å²) in [6.07, 6.45) is 0. The van der Waals surface area contributed by atoms with Crippen molar-refractivity contribution in [2.45, 2.75) is 6.92 Å². The predicted octanol–water partition coefficient (Wildman–Crippen LogP) is 2.23. The Morgan fingerprint density at radius 2 is 2.22 bits per heavy atom. The Morgan fingerprint density at radius 1 is 1.50 bits per heavy atom. The molecular formula is C12H11FN2O3. The van der Waals surface area contributed by atoms with E-state index in [1.165, 1.54) is 25.3 Å². The number of carboxylic acids is 1. The number of rotatable bonds is 3. The zero-order valence-electron chi connectivity index (χ0n) is 9.82. The van der Waals surface area contributed by atoms with Gasteiger partial charge in [0, 0.05) is 5.56 Å². The summed E-state index contributed by atoms with van der Waals surface area (Å²) in [7, 11) is 1.46. The summed E-state index contributed by atoms with van der Waals surface area (Å²) in [4.78, 5) is 10.8. The number of aromatic nitrogens is 2. The zero-order chi connectivity index (χ0) is 13.3. The third kappa shape index (κ3) is 1.92. The van der Waals surface area contributed by atoms with Gasteiger partial charge in [0.1, 0.15) is 17.3 Å². The van der Waals surface area contributed by atoms with Crippen LogP contribution in [0.1, 0.15) is 16.1 Å². The number of hydrogen-bond donors (Lipinski definition) is 2. The van der Waals surface area contributed by atoms with Crippen molar-refractivity contribution in [3.63, 3.8) is 0 Å². The second-order valence-electron chi connectivity index (χ2n) is 3.72. The van der Waals surface area contributed by atoms with Gasteiger partial charge in [-0.05, 0) is 30.7 Å². The van der Waals surface area contributed by atoms with E-state index in [4.69, 9.17) is 9.84 Å². The largest absolute Gasteiger partial charge is 0.496 e. The van der Waals surface area contributed by atoms with Crippen molar-refractivity contribution in [2.24, 2.45) is 0 Å². The van der Waals surface area contributed by atoms with Crippen LogP contribution >= 0.6 is 0 Å². The van der Waals surface area contributed by atoms with Crippen LogP contribution < -0.4 is 4.74 Å². The maximum absolute atomic E-state index is 13.5. The van der Waals surface area contributed by atoms with Crippen LogP contribution in [0.5, 0.6) is 5.75 Å². The number of carboxylic acid groups (broad SMARTS) is 1. The molecule has 1 aromatic heterocycles. The second-order valence-corrected chi connectivity index (χ2v) is 3.72. The Balaban J connectivity index is 2.61. The first-order chi connectivity index (χ1) is 8.54. The highest BCUT2D eigenvalue weighted by atomic mass is 19.1. The number of H-pyrrole nitrogens is 1. The molecule has 2 N–H and O–H groups in total. The molecule has 0 amide bonds. The quantitative estimate of drug-likeness (QED) is 0.875. The van der Waals surface area contributed by atoms with E-state index in [1.807, 2.05) is 0 Å². The van der Waals surface area contributed by atoms with E-state index >= 15 is 0 Å². The standard InChI is InChI=1S/C12H11FN2O3/c1-6-7(13)3-4-10(18-2)11(6)8-5-9(12(16)17)15-14-8/h3-5H,1-2H3,(H,14,15)(H,16,17). The molecule has 0 radical (unpaired) electrons. The van der Waals surface area contributed by atoms with Crippen molar-refractivity contribution in [2.75, 3.05) is 7.11 Å². The zero-order valence-corrected chi connectivity index (χ0v) is 9.82. The lowest BCUT2D eigenvalue weighted by atomic mass is 10.0. The lowest BCUT2D eigenvalue weighted by Gasteiger charge is -2.09. The summed E-state index contributed by atoms with van der Waals surface area (Å²) in [6, 6.07) is 4.11. The Bertz CT molecular complexity index is 607. The molecule has 2 aromatic rings. The number of nitrogens with zero attached hydrogens (tertiary/aromatic N) is 1. The summed E-state index contributed by atoms with van der Waals surface area (Å²) in [5, 5.41) is 15.1. The molecule has 0 aliphatic rings. The van der Waals surface area contributed by atoms with E-state index in [2.05, 4.69) is 10.2 Å². The Labute approximate surface area is 102 Å². The van der Waals surface area contributed by atoms with Crippen molar-refractivity contribution in [3.05, 3.63) is 35.3 Å². The lowest BCUT2D eigenvalue weighted by Crippen LogP contribution is -1.95. The normalized spacial score (nSPS) is 10.4. The van der Waals surface area contributed by atoms with Gasteiger partial charge in [0.15, 0.2) is 0 Å². The Kier molecular flexibility index (Phi) is 3.01. The van der Waals surface area contributed by atoms with Crippen LogP contribution in [0.2, 0.25) is 0 Å². The summed E-state index contributed by atoms with van der Waals surface area (Å²) in [6.45, 7) is 1.59. The molecule has 1 heterocycles. The van der Waals surface area contributed by atoms with Crippen LogP contribution in [0, 0.1) is 12.7 Å². The summed E-state index contributed by atoms with van der Waals surface area (Å²) in [5.41, 5.74) is 1.08. The smallest absolute Gasteiger partial charge is 0.353 e. The van der Waals surface area contributed by atoms with Crippen LogP contribution in [0.15, 0.2) is 18.2 Å². The number of aromatic amines is 1.